The lowest BCUT2D eigenvalue weighted by Gasteiger charge is -2.06. The molecular weight excluding hydrogens is 194 g/mol. The smallest absolute Gasteiger partial charge is 0.306 e. The highest BCUT2D eigenvalue weighted by atomic mass is 16.5. The lowest BCUT2D eigenvalue weighted by atomic mass is 9.99. The zero-order valence-electron chi connectivity index (χ0n) is 8.30. The van der Waals surface area contributed by atoms with Gasteiger partial charge in [0.15, 0.2) is 5.58 Å². The first-order valence-electron chi connectivity index (χ1n) is 4.73. The molecule has 0 spiro atoms. The van der Waals surface area contributed by atoms with E-state index in [1.165, 1.54) is 0 Å². The van der Waals surface area contributed by atoms with Crippen LogP contribution in [0.4, 0.5) is 0 Å². The molecule has 0 saturated carbocycles. The number of fused-ring (bicyclic) bond motifs is 1. The van der Waals surface area contributed by atoms with E-state index in [4.69, 9.17) is 9.63 Å². The lowest BCUT2D eigenvalue weighted by molar-refractivity contribution is -0.141. The first kappa shape index (κ1) is 9.71. The van der Waals surface area contributed by atoms with Crippen LogP contribution in [0, 0.1) is 5.92 Å². The van der Waals surface area contributed by atoms with Crippen LogP contribution in [0.5, 0.6) is 0 Å². The maximum atomic E-state index is 10.7. The monoisotopic (exact) mass is 205 g/mol. The van der Waals surface area contributed by atoms with Crippen molar-refractivity contribution in [2.75, 3.05) is 0 Å². The molecule has 0 amide bonds. The molecule has 4 nitrogen and oxygen atoms in total. The molecule has 4 heteroatoms. The van der Waals surface area contributed by atoms with Gasteiger partial charge in [-0.3, -0.25) is 4.79 Å². The fraction of sp³-hybridized carbons (Fsp3) is 0.273. The summed E-state index contributed by atoms with van der Waals surface area (Å²) in [6, 6.07) is 5.56. The van der Waals surface area contributed by atoms with Gasteiger partial charge < -0.3 is 9.63 Å². The molecule has 1 aromatic heterocycles. The third-order valence-electron chi connectivity index (χ3n) is 2.44. The zero-order valence-corrected chi connectivity index (χ0v) is 8.30. The Morgan fingerprint density at radius 2 is 2.40 bits per heavy atom. The molecule has 0 saturated heterocycles. The molecule has 0 aliphatic carbocycles. The lowest BCUT2D eigenvalue weighted by Crippen LogP contribution is -2.12. The second kappa shape index (κ2) is 3.73. The van der Waals surface area contributed by atoms with Crippen LogP contribution in [0.3, 0.4) is 0 Å². The van der Waals surface area contributed by atoms with Crippen LogP contribution in [0.2, 0.25) is 0 Å². The third-order valence-corrected chi connectivity index (χ3v) is 2.44. The second-order valence-electron chi connectivity index (χ2n) is 3.60. The topological polar surface area (TPSA) is 63.3 Å². The van der Waals surface area contributed by atoms with E-state index in [1.54, 1.807) is 13.1 Å². The maximum Gasteiger partial charge on any atom is 0.306 e. The van der Waals surface area contributed by atoms with Crippen molar-refractivity contribution in [3.63, 3.8) is 0 Å². The Labute approximate surface area is 86.5 Å². The summed E-state index contributed by atoms with van der Waals surface area (Å²) in [4.78, 5) is 10.7. The van der Waals surface area contributed by atoms with Gasteiger partial charge in [0, 0.05) is 5.39 Å². The van der Waals surface area contributed by atoms with Crippen LogP contribution in [-0.2, 0) is 11.2 Å². The van der Waals surface area contributed by atoms with Crippen molar-refractivity contribution in [3.05, 3.63) is 30.0 Å². The van der Waals surface area contributed by atoms with Crippen molar-refractivity contribution >= 4 is 16.9 Å². The summed E-state index contributed by atoms with van der Waals surface area (Å²) in [6.07, 6.45) is 2.12. The van der Waals surface area contributed by atoms with Crippen molar-refractivity contribution < 1.29 is 14.4 Å². The number of hydrogen-bond donors (Lipinski definition) is 1. The predicted octanol–water partition coefficient (Wildman–Crippen LogP) is 2.09. The summed E-state index contributed by atoms with van der Waals surface area (Å²) in [5.41, 5.74) is 1.66. The van der Waals surface area contributed by atoms with Crippen molar-refractivity contribution in [1.82, 2.24) is 5.16 Å². The summed E-state index contributed by atoms with van der Waals surface area (Å²) < 4.78 is 5.00. The molecule has 2 rings (SSSR count). The normalized spacial score (nSPS) is 12.9. The van der Waals surface area contributed by atoms with Gasteiger partial charge >= 0.3 is 5.97 Å². The molecule has 0 aliphatic rings. The van der Waals surface area contributed by atoms with Gasteiger partial charge in [-0.25, -0.2) is 0 Å². The molecule has 1 heterocycles. The van der Waals surface area contributed by atoms with Gasteiger partial charge in [-0.05, 0) is 18.1 Å². The van der Waals surface area contributed by atoms with Crippen LogP contribution in [-0.4, -0.2) is 16.2 Å². The minimum atomic E-state index is -0.788. The molecular formula is C11H11NO3. The second-order valence-corrected chi connectivity index (χ2v) is 3.60. The highest BCUT2D eigenvalue weighted by molar-refractivity contribution is 5.80. The summed E-state index contributed by atoms with van der Waals surface area (Å²) in [5.74, 6) is -1.19. The average molecular weight is 205 g/mol. The Kier molecular flexibility index (Phi) is 2.41. The van der Waals surface area contributed by atoms with Gasteiger partial charge in [-0.15, -0.1) is 0 Å². The van der Waals surface area contributed by atoms with E-state index in [-0.39, 0.29) is 0 Å². The first-order valence-corrected chi connectivity index (χ1v) is 4.73. The number of aromatic nitrogens is 1. The molecule has 1 atom stereocenters. The van der Waals surface area contributed by atoms with Crippen LogP contribution in [0.1, 0.15) is 12.5 Å². The van der Waals surface area contributed by atoms with Gasteiger partial charge in [-0.1, -0.05) is 24.2 Å². The summed E-state index contributed by atoms with van der Waals surface area (Å²) >= 11 is 0. The number of aliphatic carboxylic acids is 1. The van der Waals surface area contributed by atoms with Crippen LogP contribution < -0.4 is 0 Å². The Morgan fingerprint density at radius 1 is 1.60 bits per heavy atom. The van der Waals surface area contributed by atoms with Crippen LogP contribution >= 0.6 is 0 Å². The number of carboxylic acids is 1. The number of benzene rings is 1. The van der Waals surface area contributed by atoms with Crippen molar-refractivity contribution in [1.29, 1.82) is 0 Å². The zero-order chi connectivity index (χ0) is 10.8. The number of carboxylic acid groups (broad SMARTS) is 1. The van der Waals surface area contributed by atoms with E-state index in [1.807, 2.05) is 18.2 Å². The number of carbonyl (C=O) groups is 1. The Morgan fingerprint density at radius 3 is 3.13 bits per heavy atom. The van der Waals surface area contributed by atoms with Gasteiger partial charge in [0.2, 0.25) is 0 Å². The van der Waals surface area contributed by atoms with Gasteiger partial charge in [-0.2, -0.15) is 0 Å². The van der Waals surface area contributed by atoms with E-state index >= 15 is 0 Å². The number of hydrogen-bond acceptors (Lipinski definition) is 3. The maximum absolute atomic E-state index is 10.7. The molecule has 2 aromatic rings. The van der Waals surface area contributed by atoms with Crippen molar-refractivity contribution in [3.8, 4) is 0 Å². The largest absolute Gasteiger partial charge is 0.481 e. The predicted molar refractivity (Wildman–Crippen MR) is 54.5 cm³/mol. The fourth-order valence-electron chi connectivity index (χ4n) is 1.55. The molecule has 78 valence electrons. The van der Waals surface area contributed by atoms with Crippen molar-refractivity contribution in [2.24, 2.45) is 5.92 Å². The highest BCUT2D eigenvalue weighted by Gasteiger charge is 2.14. The standard InChI is InChI=1S/C11H11NO3/c1-7(11(13)14)5-8-3-2-4-10-9(8)6-12-15-10/h2-4,6-7H,5H2,1H3,(H,13,14). The van der Waals surface area contributed by atoms with Gasteiger partial charge in [0.05, 0.1) is 12.1 Å². The first-order chi connectivity index (χ1) is 7.18. The van der Waals surface area contributed by atoms with E-state index in [9.17, 15) is 4.79 Å². The number of rotatable bonds is 3. The minimum Gasteiger partial charge on any atom is -0.481 e. The SMILES string of the molecule is CC(Cc1cccc2oncc12)C(=O)O. The average Bonchev–Trinajstić information content (AvgIpc) is 2.66. The molecule has 0 radical (unpaired) electrons. The fourth-order valence-corrected chi connectivity index (χ4v) is 1.55. The summed E-state index contributed by atoms with van der Waals surface area (Å²) in [5, 5.41) is 13.4. The molecule has 1 unspecified atom stereocenters. The van der Waals surface area contributed by atoms with Gasteiger partial charge in [0.1, 0.15) is 0 Å². The minimum absolute atomic E-state index is 0.398. The van der Waals surface area contributed by atoms with E-state index < -0.39 is 11.9 Å². The molecule has 15 heavy (non-hydrogen) atoms. The highest BCUT2D eigenvalue weighted by Crippen LogP contribution is 2.20. The quantitative estimate of drug-likeness (QED) is 0.833. The Balaban J connectivity index is 2.35. The summed E-state index contributed by atoms with van der Waals surface area (Å²) in [7, 11) is 0. The molecule has 0 bridgehead atoms. The molecule has 1 aromatic carbocycles. The number of nitrogens with zero attached hydrogens (tertiary/aromatic N) is 1. The Hall–Kier alpha value is -1.84. The Bertz CT molecular complexity index is 489. The van der Waals surface area contributed by atoms with Crippen LogP contribution in [0.25, 0.3) is 11.0 Å². The van der Waals surface area contributed by atoms with E-state index in [0.29, 0.717) is 12.0 Å². The van der Waals surface area contributed by atoms with Crippen molar-refractivity contribution in [2.45, 2.75) is 13.3 Å². The molecule has 1 N–H and O–H groups in total. The van der Waals surface area contributed by atoms with Crippen LogP contribution in [0.15, 0.2) is 28.9 Å². The molecule has 0 fully saturated rings. The van der Waals surface area contributed by atoms with Gasteiger partial charge in [0.25, 0.3) is 0 Å². The van der Waals surface area contributed by atoms with E-state index in [2.05, 4.69) is 5.16 Å². The third kappa shape index (κ3) is 1.83. The van der Waals surface area contributed by atoms with E-state index in [0.717, 1.165) is 10.9 Å². The summed E-state index contributed by atoms with van der Waals surface area (Å²) in [6.45, 7) is 1.69. The molecule has 0 aliphatic heterocycles.